The molecule has 3 aromatic rings. The second kappa shape index (κ2) is 10.3. The predicted molar refractivity (Wildman–Crippen MR) is 112 cm³/mol. The fraction of sp³-hybridized carbons (Fsp3) is 0.318. The third-order valence-corrected chi connectivity index (χ3v) is 4.14. The monoisotopic (exact) mass is 394 g/mol. The van der Waals surface area contributed by atoms with Gasteiger partial charge in [-0.05, 0) is 67.3 Å². The lowest BCUT2D eigenvalue weighted by atomic mass is 10.1. The van der Waals surface area contributed by atoms with Gasteiger partial charge in [0.15, 0.2) is 11.5 Å². The standard InChI is InChI=1S/C22H26N4O3/c1-4-18-10-17(3)11-20(12-18)28-8-9-29-21-7-6-19(13-22(21)27-5-2)14-25-26-15-23-24-16-26/h6-7,10-16H,4-5,8-9H2,1-3H3/b25-14-. The fourth-order valence-corrected chi connectivity index (χ4v) is 2.80. The van der Waals surface area contributed by atoms with Crippen LogP contribution in [0, 0.1) is 6.92 Å². The summed E-state index contributed by atoms with van der Waals surface area (Å²) >= 11 is 0. The average molecular weight is 394 g/mol. The molecule has 0 spiro atoms. The molecular formula is C22H26N4O3. The smallest absolute Gasteiger partial charge is 0.161 e. The SMILES string of the molecule is CCOc1cc(/C=N\n2cnnc2)ccc1OCCOc1cc(C)cc(CC)c1. The molecule has 0 saturated heterocycles. The molecule has 1 aromatic heterocycles. The molecule has 0 saturated carbocycles. The van der Waals surface area contributed by atoms with E-state index in [1.54, 1.807) is 6.21 Å². The van der Waals surface area contributed by atoms with Crippen molar-refractivity contribution in [3.63, 3.8) is 0 Å². The Balaban J connectivity index is 1.59. The summed E-state index contributed by atoms with van der Waals surface area (Å²) in [5.41, 5.74) is 3.35. The van der Waals surface area contributed by atoms with E-state index in [0.29, 0.717) is 31.3 Å². The van der Waals surface area contributed by atoms with Crippen molar-refractivity contribution in [3.8, 4) is 17.2 Å². The van der Waals surface area contributed by atoms with E-state index in [-0.39, 0.29) is 0 Å². The molecule has 3 rings (SSSR count). The number of nitrogens with zero attached hydrogens (tertiary/aromatic N) is 4. The van der Waals surface area contributed by atoms with E-state index in [1.807, 2.05) is 31.2 Å². The Kier molecular flexibility index (Phi) is 7.22. The Morgan fingerprint density at radius 3 is 2.48 bits per heavy atom. The maximum atomic E-state index is 5.88. The van der Waals surface area contributed by atoms with E-state index in [1.165, 1.54) is 28.5 Å². The minimum absolute atomic E-state index is 0.420. The number of aryl methyl sites for hydroxylation is 2. The third kappa shape index (κ3) is 6.07. The topological polar surface area (TPSA) is 70.8 Å². The lowest BCUT2D eigenvalue weighted by molar-refractivity contribution is 0.208. The highest BCUT2D eigenvalue weighted by molar-refractivity contribution is 5.80. The summed E-state index contributed by atoms with van der Waals surface area (Å²) in [4.78, 5) is 0. The van der Waals surface area contributed by atoms with Crippen LogP contribution in [0.25, 0.3) is 0 Å². The van der Waals surface area contributed by atoms with Gasteiger partial charge < -0.3 is 14.2 Å². The van der Waals surface area contributed by atoms with Gasteiger partial charge in [-0.1, -0.05) is 13.0 Å². The van der Waals surface area contributed by atoms with Crippen LogP contribution in [0.4, 0.5) is 0 Å². The zero-order chi connectivity index (χ0) is 20.5. The summed E-state index contributed by atoms with van der Waals surface area (Å²) in [6.45, 7) is 7.57. The summed E-state index contributed by atoms with van der Waals surface area (Å²) in [6, 6.07) is 12.0. The van der Waals surface area contributed by atoms with E-state index in [4.69, 9.17) is 14.2 Å². The van der Waals surface area contributed by atoms with Crippen molar-refractivity contribution in [2.24, 2.45) is 5.10 Å². The molecule has 7 heteroatoms. The minimum atomic E-state index is 0.420. The first-order valence-corrected chi connectivity index (χ1v) is 9.70. The number of aromatic nitrogens is 3. The van der Waals surface area contributed by atoms with Gasteiger partial charge in [-0.3, -0.25) is 0 Å². The summed E-state index contributed by atoms with van der Waals surface area (Å²) in [7, 11) is 0. The quantitative estimate of drug-likeness (QED) is 0.385. The second-order valence-corrected chi connectivity index (χ2v) is 6.43. The molecule has 0 fully saturated rings. The van der Waals surface area contributed by atoms with E-state index >= 15 is 0 Å². The van der Waals surface area contributed by atoms with Crippen LogP contribution in [-0.4, -0.2) is 40.9 Å². The fourth-order valence-electron chi connectivity index (χ4n) is 2.80. The van der Waals surface area contributed by atoms with Crippen molar-refractivity contribution in [1.29, 1.82) is 0 Å². The first-order valence-electron chi connectivity index (χ1n) is 9.70. The molecule has 0 amide bonds. The number of hydrogen-bond donors (Lipinski definition) is 0. The van der Waals surface area contributed by atoms with Crippen molar-refractivity contribution < 1.29 is 14.2 Å². The Morgan fingerprint density at radius 2 is 1.72 bits per heavy atom. The van der Waals surface area contributed by atoms with E-state index in [0.717, 1.165) is 17.7 Å². The van der Waals surface area contributed by atoms with Crippen LogP contribution in [0.15, 0.2) is 54.2 Å². The number of rotatable bonds is 10. The third-order valence-electron chi connectivity index (χ3n) is 4.14. The number of ether oxygens (including phenoxy) is 3. The first kappa shape index (κ1) is 20.4. The molecule has 0 aliphatic rings. The molecule has 0 aliphatic carbocycles. The maximum Gasteiger partial charge on any atom is 0.161 e. The largest absolute Gasteiger partial charge is 0.490 e. The molecule has 7 nitrogen and oxygen atoms in total. The van der Waals surface area contributed by atoms with Crippen LogP contribution in [-0.2, 0) is 6.42 Å². The van der Waals surface area contributed by atoms with Crippen LogP contribution >= 0.6 is 0 Å². The highest BCUT2D eigenvalue weighted by atomic mass is 16.5. The first-order chi connectivity index (χ1) is 14.2. The Morgan fingerprint density at radius 1 is 0.931 bits per heavy atom. The van der Waals surface area contributed by atoms with E-state index in [2.05, 4.69) is 41.3 Å². The van der Waals surface area contributed by atoms with Crippen LogP contribution in [0.3, 0.4) is 0 Å². The average Bonchev–Trinajstić information content (AvgIpc) is 3.24. The Hall–Kier alpha value is -3.35. The van der Waals surface area contributed by atoms with Crippen molar-refractivity contribution >= 4 is 6.21 Å². The molecule has 0 aliphatic heterocycles. The predicted octanol–water partition coefficient (Wildman–Crippen LogP) is 3.89. The van der Waals surface area contributed by atoms with E-state index in [9.17, 15) is 0 Å². The van der Waals surface area contributed by atoms with E-state index < -0.39 is 0 Å². The molecule has 2 aromatic carbocycles. The Bertz CT molecular complexity index is 939. The molecule has 0 radical (unpaired) electrons. The van der Waals surface area contributed by atoms with Gasteiger partial charge in [0, 0.05) is 0 Å². The summed E-state index contributed by atoms with van der Waals surface area (Å²) < 4.78 is 19.0. The number of hydrogen-bond acceptors (Lipinski definition) is 6. The molecule has 0 atom stereocenters. The van der Waals surface area contributed by atoms with Gasteiger partial charge >= 0.3 is 0 Å². The zero-order valence-corrected chi connectivity index (χ0v) is 17.0. The molecular weight excluding hydrogens is 368 g/mol. The maximum absolute atomic E-state index is 5.88. The highest BCUT2D eigenvalue weighted by Crippen LogP contribution is 2.28. The van der Waals surface area contributed by atoms with Crippen LogP contribution in [0.1, 0.15) is 30.5 Å². The van der Waals surface area contributed by atoms with Crippen molar-refractivity contribution in [2.75, 3.05) is 19.8 Å². The summed E-state index contributed by atoms with van der Waals surface area (Å²) in [5, 5.41) is 11.7. The lowest BCUT2D eigenvalue weighted by Crippen LogP contribution is -2.10. The zero-order valence-electron chi connectivity index (χ0n) is 17.0. The van der Waals surface area contributed by atoms with Crippen LogP contribution in [0.5, 0.6) is 17.2 Å². The molecule has 152 valence electrons. The molecule has 0 unspecified atom stereocenters. The highest BCUT2D eigenvalue weighted by Gasteiger charge is 2.07. The summed E-state index contributed by atoms with van der Waals surface area (Å²) in [5.74, 6) is 2.22. The lowest BCUT2D eigenvalue weighted by Gasteiger charge is -2.13. The van der Waals surface area contributed by atoms with Gasteiger partial charge in [-0.2, -0.15) is 5.10 Å². The van der Waals surface area contributed by atoms with Gasteiger partial charge in [0.25, 0.3) is 0 Å². The molecule has 0 N–H and O–H groups in total. The Labute approximate surface area is 170 Å². The number of benzene rings is 2. The van der Waals surface area contributed by atoms with Crippen LogP contribution in [0.2, 0.25) is 0 Å². The molecule has 0 bridgehead atoms. The normalized spacial score (nSPS) is 11.0. The van der Waals surface area contributed by atoms with Gasteiger partial charge in [0.2, 0.25) is 0 Å². The van der Waals surface area contributed by atoms with Crippen molar-refractivity contribution in [3.05, 3.63) is 65.7 Å². The molecule has 29 heavy (non-hydrogen) atoms. The second-order valence-electron chi connectivity index (χ2n) is 6.43. The van der Waals surface area contributed by atoms with Gasteiger partial charge in [-0.25, -0.2) is 4.68 Å². The summed E-state index contributed by atoms with van der Waals surface area (Å²) in [6.07, 6.45) is 5.74. The van der Waals surface area contributed by atoms with Gasteiger partial charge in [0.1, 0.15) is 31.6 Å². The van der Waals surface area contributed by atoms with Crippen molar-refractivity contribution in [1.82, 2.24) is 14.9 Å². The van der Waals surface area contributed by atoms with Gasteiger partial charge in [0.05, 0.1) is 12.8 Å². The van der Waals surface area contributed by atoms with Gasteiger partial charge in [-0.15, -0.1) is 10.2 Å². The van der Waals surface area contributed by atoms with Crippen LogP contribution < -0.4 is 14.2 Å². The van der Waals surface area contributed by atoms with Crippen molar-refractivity contribution in [2.45, 2.75) is 27.2 Å². The molecule has 1 heterocycles. The minimum Gasteiger partial charge on any atom is -0.490 e.